The predicted molar refractivity (Wildman–Crippen MR) is 54.5 cm³/mol. The van der Waals surface area contributed by atoms with Crippen LogP contribution in [0.3, 0.4) is 0 Å². The quantitative estimate of drug-likeness (QED) is 0.601. The van der Waals surface area contributed by atoms with Gasteiger partial charge >= 0.3 is 5.97 Å². The van der Waals surface area contributed by atoms with Crippen molar-refractivity contribution in [3.05, 3.63) is 5.92 Å². The molecule has 2 aliphatic carbocycles. The maximum atomic E-state index is 11.8. The van der Waals surface area contributed by atoms with Crippen LogP contribution in [-0.4, -0.2) is 11.6 Å². The van der Waals surface area contributed by atoms with Crippen LogP contribution in [0.5, 0.6) is 0 Å². The fraction of sp³-hybridized carbons (Fsp3) is 0.833. The predicted octanol–water partition coefficient (Wildman–Crippen LogP) is 2.72. The summed E-state index contributed by atoms with van der Waals surface area (Å²) in [4.78, 5) is 11.8. The summed E-state index contributed by atoms with van der Waals surface area (Å²) in [6.45, 7) is 5.81. The summed E-state index contributed by atoms with van der Waals surface area (Å²) >= 11 is 0. The highest BCUT2D eigenvalue weighted by molar-refractivity contribution is 5.74. The fourth-order valence-corrected chi connectivity index (χ4v) is 2.62. The van der Waals surface area contributed by atoms with Crippen LogP contribution in [0.15, 0.2) is 0 Å². The van der Waals surface area contributed by atoms with E-state index in [-0.39, 0.29) is 17.5 Å². The lowest BCUT2D eigenvalue weighted by molar-refractivity contribution is -0.161. The van der Waals surface area contributed by atoms with Crippen LogP contribution in [0.25, 0.3) is 0 Å². The van der Waals surface area contributed by atoms with E-state index in [4.69, 9.17) is 4.74 Å². The minimum Gasteiger partial charge on any atom is -0.460 e. The van der Waals surface area contributed by atoms with Gasteiger partial charge in [-0.25, -0.2) is 0 Å². The topological polar surface area (TPSA) is 26.3 Å². The summed E-state index contributed by atoms with van der Waals surface area (Å²) in [5.41, 5.74) is -0.330. The SMILES string of the molecule is CC(C)(C)OC(=O)C1C[C]2CCC1C2. The maximum absolute atomic E-state index is 11.8. The number of esters is 1. The molecule has 2 heteroatoms. The number of rotatable bonds is 1. The number of hydrogen-bond donors (Lipinski definition) is 0. The zero-order valence-corrected chi connectivity index (χ0v) is 9.30. The number of carbonyl (C=O) groups excluding carboxylic acids is 1. The van der Waals surface area contributed by atoms with Crippen molar-refractivity contribution in [1.82, 2.24) is 0 Å². The van der Waals surface area contributed by atoms with Gasteiger partial charge in [-0.15, -0.1) is 0 Å². The molecule has 2 rings (SSSR count). The molecule has 0 heterocycles. The van der Waals surface area contributed by atoms with E-state index in [0.29, 0.717) is 5.92 Å². The van der Waals surface area contributed by atoms with E-state index in [1.165, 1.54) is 19.3 Å². The van der Waals surface area contributed by atoms with Gasteiger partial charge < -0.3 is 4.74 Å². The molecule has 2 bridgehead atoms. The zero-order valence-electron chi connectivity index (χ0n) is 9.30. The summed E-state index contributed by atoms with van der Waals surface area (Å²) in [5.74, 6) is 2.39. The second kappa shape index (κ2) is 3.25. The summed E-state index contributed by atoms with van der Waals surface area (Å²) in [5, 5.41) is 0. The van der Waals surface area contributed by atoms with Crippen molar-refractivity contribution in [2.24, 2.45) is 11.8 Å². The van der Waals surface area contributed by atoms with Crippen LogP contribution in [0.2, 0.25) is 0 Å². The second-order valence-corrected chi connectivity index (χ2v) is 5.60. The Hall–Kier alpha value is -0.530. The van der Waals surface area contributed by atoms with E-state index in [9.17, 15) is 4.79 Å². The third-order valence-corrected chi connectivity index (χ3v) is 3.21. The standard InChI is InChI=1S/C12H19O2/c1-12(2,3)14-11(13)10-7-8-4-5-9(10)6-8/h9-10H,4-7H2,1-3H3. The van der Waals surface area contributed by atoms with E-state index >= 15 is 0 Å². The Labute approximate surface area is 86.0 Å². The van der Waals surface area contributed by atoms with Crippen molar-refractivity contribution in [2.75, 3.05) is 0 Å². The van der Waals surface area contributed by atoms with Gasteiger partial charge in [-0.2, -0.15) is 0 Å². The average molecular weight is 195 g/mol. The first-order valence-corrected chi connectivity index (χ1v) is 5.52. The summed E-state index contributed by atoms with van der Waals surface area (Å²) in [7, 11) is 0. The Morgan fingerprint density at radius 3 is 2.50 bits per heavy atom. The monoisotopic (exact) mass is 195 g/mol. The third-order valence-electron chi connectivity index (χ3n) is 3.21. The molecule has 2 nitrogen and oxygen atoms in total. The summed E-state index contributed by atoms with van der Waals surface area (Å²) in [6, 6.07) is 0. The zero-order chi connectivity index (χ0) is 10.3. The van der Waals surface area contributed by atoms with Gasteiger partial charge in [0.2, 0.25) is 0 Å². The molecule has 79 valence electrons. The Balaban J connectivity index is 1.93. The normalized spacial score (nSPS) is 32.2. The van der Waals surface area contributed by atoms with Crippen molar-refractivity contribution in [3.8, 4) is 0 Å². The Morgan fingerprint density at radius 1 is 1.36 bits per heavy atom. The molecule has 0 aromatic carbocycles. The van der Waals surface area contributed by atoms with E-state index in [2.05, 4.69) is 0 Å². The molecule has 1 radical (unpaired) electrons. The van der Waals surface area contributed by atoms with Crippen molar-refractivity contribution in [1.29, 1.82) is 0 Å². The van der Waals surface area contributed by atoms with Gasteiger partial charge in [0.05, 0.1) is 5.92 Å². The molecule has 2 fully saturated rings. The number of hydrogen-bond acceptors (Lipinski definition) is 2. The first kappa shape index (κ1) is 10.0. The Morgan fingerprint density at radius 2 is 2.07 bits per heavy atom. The van der Waals surface area contributed by atoms with E-state index in [1.54, 1.807) is 5.92 Å². The molecule has 2 unspecified atom stereocenters. The molecular weight excluding hydrogens is 176 g/mol. The number of fused-ring (bicyclic) bond motifs is 2. The van der Waals surface area contributed by atoms with Crippen molar-refractivity contribution in [2.45, 2.75) is 52.1 Å². The molecule has 0 spiro atoms. The van der Waals surface area contributed by atoms with Crippen LogP contribution in [0.4, 0.5) is 0 Å². The van der Waals surface area contributed by atoms with Gasteiger partial charge in [-0.05, 0) is 58.3 Å². The minimum atomic E-state index is -0.330. The lowest BCUT2D eigenvalue weighted by Crippen LogP contribution is -2.31. The molecule has 0 aromatic heterocycles. The minimum absolute atomic E-state index is 0.0252. The molecule has 0 saturated heterocycles. The average Bonchev–Trinajstić information content (AvgIpc) is 2.59. The fourth-order valence-electron chi connectivity index (χ4n) is 2.62. The van der Waals surface area contributed by atoms with Crippen molar-refractivity contribution < 1.29 is 9.53 Å². The van der Waals surface area contributed by atoms with Crippen LogP contribution in [0.1, 0.15) is 46.5 Å². The molecule has 0 N–H and O–H groups in total. The number of ether oxygens (including phenoxy) is 1. The molecule has 0 amide bonds. The van der Waals surface area contributed by atoms with Crippen LogP contribution in [0, 0.1) is 17.8 Å². The van der Waals surface area contributed by atoms with Crippen molar-refractivity contribution >= 4 is 5.97 Å². The molecule has 2 saturated carbocycles. The largest absolute Gasteiger partial charge is 0.460 e. The van der Waals surface area contributed by atoms with E-state index in [0.717, 1.165) is 6.42 Å². The molecule has 0 aromatic rings. The van der Waals surface area contributed by atoms with Gasteiger partial charge in [0.1, 0.15) is 5.60 Å². The summed E-state index contributed by atoms with van der Waals surface area (Å²) < 4.78 is 5.42. The highest BCUT2D eigenvalue weighted by atomic mass is 16.6. The van der Waals surface area contributed by atoms with Gasteiger partial charge in [0, 0.05) is 0 Å². The molecule has 2 aliphatic rings. The molecule has 0 aliphatic heterocycles. The maximum Gasteiger partial charge on any atom is 0.309 e. The van der Waals surface area contributed by atoms with Crippen LogP contribution >= 0.6 is 0 Å². The van der Waals surface area contributed by atoms with Gasteiger partial charge in [-0.1, -0.05) is 0 Å². The number of carbonyl (C=O) groups is 1. The van der Waals surface area contributed by atoms with Gasteiger partial charge in [0.15, 0.2) is 0 Å². The van der Waals surface area contributed by atoms with Gasteiger partial charge in [-0.3, -0.25) is 4.79 Å². The first-order chi connectivity index (χ1) is 6.46. The van der Waals surface area contributed by atoms with Crippen molar-refractivity contribution in [3.63, 3.8) is 0 Å². The smallest absolute Gasteiger partial charge is 0.309 e. The van der Waals surface area contributed by atoms with Gasteiger partial charge in [0.25, 0.3) is 0 Å². The lowest BCUT2D eigenvalue weighted by atomic mass is 9.89. The highest BCUT2D eigenvalue weighted by Crippen LogP contribution is 2.50. The first-order valence-electron chi connectivity index (χ1n) is 5.52. The molecule has 2 atom stereocenters. The highest BCUT2D eigenvalue weighted by Gasteiger charge is 2.44. The summed E-state index contributed by atoms with van der Waals surface area (Å²) in [6.07, 6.45) is 4.65. The molecular formula is C12H19O2. The van der Waals surface area contributed by atoms with E-state index in [1.807, 2.05) is 20.8 Å². The van der Waals surface area contributed by atoms with Crippen LogP contribution in [-0.2, 0) is 9.53 Å². The molecule has 14 heavy (non-hydrogen) atoms. The Kier molecular flexibility index (Phi) is 2.32. The third kappa shape index (κ3) is 1.94. The van der Waals surface area contributed by atoms with Crippen LogP contribution < -0.4 is 0 Å². The van der Waals surface area contributed by atoms with E-state index < -0.39 is 0 Å². The lowest BCUT2D eigenvalue weighted by Gasteiger charge is -2.25. The second-order valence-electron chi connectivity index (χ2n) is 5.60. The Bertz CT molecular complexity index is 239.